The highest BCUT2D eigenvalue weighted by atomic mass is 32.2. The van der Waals surface area contributed by atoms with Gasteiger partial charge in [0.2, 0.25) is 10.0 Å². The maximum atomic E-state index is 12.6. The molecule has 0 amide bonds. The summed E-state index contributed by atoms with van der Waals surface area (Å²) in [4.78, 5) is 1.38. The molecule has 1 N–H and O–H groups in total. The molecule has 0 aliphatic heterocycles. The normalized spacial score (nSPS) is 16.1. The Morgan fingerprint density at radius 3 is 2.65 bits per heavy atom. The summed E-state index contributed by atoms with van der Waals surface area (Å²) in [5.74, 6) is 0. The van der Waals surface area contributed by atoms with Crippen molar-refractivity contribution in [1.82, 2.24) is 9.62 Å². The van der Waals surface area contributed by atoms with Crippen LogP contribution in [0.25, 0.3) is 10.1 Å². The van der Waals surface area contributed by atoms with E-state index in [1.54, 1.807) is 25.4 Å². The third-order valence-corrected chi connectivity index (χ3v) is 6.73. The predicted molar refractivity (Wildman–Crippen MR) is 82.6 cm³/mol. The van der Waals surface area contributed by atoms with Gasteiger partial charge in [-0.25, -0.2) is 12.7 Å². The van der Waals surface area contributed by atoms with E-state index in [-0.39, 0.29) is 0 Å². The molecule has 0 radical (unpaired) electrons. The number of benzene rings is 1. The Balaban J connectivity index is 2.12. The molecule has 6 heteroatoms. The van der Waals surface area contributed by atoms with E-state index in [2.05, 4.69) is 5.32 Å². The van der Waals surface area contributed by atoms with E-state index in [9.17, 15) is 8.42 Å². The van der Waals surface area contributed by atoms with Crippen LogP contribution in [0.15, 0.2) is 29.2 Å². The lowest BCUT2D eigenvalue weighted by Gasteiger charge is -2.13. The summed E-state index contributed by atoms with van der Waals surface area (Å²) in [6.45, 7) is 0.631. The second-order valence-electron chi connectivity index (χ2n) is 5.29. The van der Waals surface area contributed by atoms with Crippen LogP contribution < -0.4 is 5.32 Å². The first-order valence-corrected chi connectivity index (χ1v) is 8.92. The fourth-order valence-electron chi connectivity index (χ4n) is 2.18. The second-order valence-corrected chi connectivity index (χ2v) is 8.52. The van der Waals surface area contributed by atoms with E-state index >= 15 is 0 Å². The zero-order valence-corrected chi connectivity index (χ0v) is 13.2. The molecule has 1 aromatic carbocycles. The van der Waals surface area contributed by atoms with Crippen molar-refractivity contribution in [2.45, 2.75) is 30.3 Å². The van der Waals surface area contributed by atoms with Crippen molar-refractivity contribution >= 4 is 31.4 Å². The van der Waals surface area contributed by atoms with Crippen LogP contribution in [0, 0.1) is 0 Å². The molecule has 0 spiro atoms. The molecule has 3 rings (SSSR count). The Morgan fingerprint density at radius 2 is 2.00 bits per heavy atom. The van der Waals surface area contributed by atoms with E-state index in [1.807, 2.05) is 24.3 Å². The molecule has 0 unspecified atom stereocenters. The van der Waals surface area contributed by atoms with Crippen LogP contribution in [-0.2, 0) is 16.6 Å². The van der Waals surface area contributed by atoms with Crippen LogP contribution in [0.4, 0.5) is 0 Å². The van der Waals surface area contributed by atoms with Crippen molar-refractivity contribution in [3.8, 4) is 0 Å². The number of rotatable bonds is 5. The van der Waals surface area contributed by atoms with Gasteiger partial charge in [0, 0.05) is 41.6 Å². The van der Waals surface area contributed by atoms with Crippen molar-refractivity contribution in [3.63, 3.8) is 0 Å². The summed E-state index contributed by atoms with van der Waals surface area (Å²) in [5, 5.41) is 4.24. The third-order valence-electron chi connectivity index (χ3n) is 3.49. The van der Waals surface area contributed by atoms with E-state index in [1.165, 1.54) is 17.1 Å². The van der Waals surface area contributed by atoms with E-state index in [4.69, 9.17) is 0 Å². The Hall–Kier alpha value is -0.950. The summed E-state index contributed by atoms with van der Waals surface area (Å²) in [7, 11) is -0.248. The molecule has 20 heavy (non-hydrogen) atoms. The lowest BCUT2D eigenvalue weighted by Crippen LogP contribution is -2.24. The molecular formula is C14H18N2O2S2. The standard InChI is InChI=1S/C14H18N2O2S2/c1-16(2)20(17,18)14-11-5-3-4-6-12(11)19-13(14)9-15-10-7-8-10/h3-6,10,15H,7-9H2,1-2H3. The van der Waals surface area contributed by atoms with Crippen LogP contribution in [0.1, 0.15) is 17.7 Å². The third kappa shape index (κ3) is 2.48. The average molecular weight is 310 g/mol. The van der Waals surface area contributed by atoms with Crippen molar-refractivity contribution in [1.29, 1.82) is 0 Å². The van der Waals surface area contributed by atoms with Gasteiger partial charge in [-0.05, 0) is 18.9 Å². The Bertz CT molecular complexity index is 731. The van der Waals surface area contributed by atoms with Crippen LogP contribution in [0.2, 0.25) is 0 Å². The van der Waals surface area contributed by atoms with Crippen LogP contribution in [0.3, 0.4) is 0 Å². The smallest absolute Gasteiger partial charge is 0.244 e. The van der Waals surface area contributed by atoms with E-state index < -0.39 is 10.0 Å². The molecule has 1 aromatic heterocycles. The lowest BCUT2D eigenvalue weighted by molar-refractivity contribution is 0.520. The summed E-state index contributed by atoms with van der Waals surface area (Å²) >= 11 is 1.57. The van der Waals surface area contributed by atoms with Crippen molar-refractivity contribution in [3.05, 3.63) is 29.1 Å². The second kappa shape index (κ2) is 5.11. The molecule has 1 aliphatic rings. The quantitative estimate of drug-likeness (QED) is 0.922. The van der Waals surface area contributed by atoms with Gasteiger partial charge in [-0.2, -0.15) is 0 Å². The average Bonchev–Trinajstić information content (AvgIpc) is 3.15. The lowest BCUT2D eigenvalue weighted by atomic mass is 10.2. The van der Waals surface area contributed by atoms with E-state index in [0.717, 1.165) is 15.0 Å². The van der Waals surface area contributed by atoms with Gasteiger partial charge in [0.25, 0.3) is 0 Å². The summed E-state index contributed by atoms with van der Waals surface area (Å²) in [5.41, 5.74) is 0. The highest BCUT2D eigenvalue weighted by molar-refractivity contribution is 7.89. The fraction of sp³-hybridized carbons (Fsp3) is 0.429. The number of nitrogens with one attached hydrogen (secondary N) is 1. The van der Waals surface area contributed by atoms with Gasteiger partial charge >= 0.3 is 0 Å². The molecule has 1 fully saturated rings. The van der Waals surface area contributed by atoms with Crippen molar-refractivity contribution in [2.75, 3.05) is 14.1 Å². The molecule has 4 nitrogen and oxygen atoms in total. The first kappa shape index (κ1) is 14.0. The fourth-order valence-corrected chi connectivity index (χ4v) is 4.92. The number of hydrogen-bond donors (Lipinski definition) is 1. The van der Waals surface area contributed by atoms with Gasteiger partial charge in [-0.15, -0.1) is 11.3 Å². The first-order valence-electron chi connectivity index (χ1n) is 6.66. The number of thiophene rings is 1. The number of fused-ring (bicyclic) bond motifs is 1. The SMILES string of the molecule is CN(C)S(=O)(=O)c1c(CNC2CC2)sc2ccccc12. The topological polar surface area (TPSA) is 49.4 Å². The van der Waals surface area contributed by atoms with Gasteiger partial charge in [-0.1, -0.05) is 18.2 Å². The zero-order chi connectivity index (χ0) is 14.3. The summed E-state index contributed by atoms with van der Waals surface area (Å²) < 4.78 is 27.5. The van der Waals surface area contributed by atoms with Crippen LogP contribution in [0.5, 0.6) is 0 Å². The zero-order valence-electron chi connectivity index (χ0n) is 11.6. The number of hydrogen-bond acceptors (Lipinski definition) is 4. The molecule has 0 saturated heterocycles. The predicted octanol–water partition coefficient (Wildman–Crippen LogP) is 2.40. The first-order chi connectivity index (χ1) is 9.50. The summed E-state index contributed by atoms with van der Waals surface area (Å²) in [6, 6.07) is 8.28. The minimum absolute atomic E-state index is 0.469. The van der Waals surface area contributed by atoms with Crippen LogP contribution >= 0.6 is 11.3 Å². The van der Waals surface area contributed by atoms with Crippen LogP contribution in [-0.4, -0.2) is 32.9 Å². The van der Waals surface area contributed by atoms with Gasteiger partial charge in [0.1, 0.15) is 4.90 Å². The Labute approximate surface area is 123 Å². The molecule has 0 bridgehead atoms. The molecule has 0 atom stereocenters. The minimum atomic E-state index is -3.41. The molecule has 1 saturated carbocycles. The largest absolute Gasteiger partial charge is 0.309 e. The van der Waals surface area contributed by atoms with Gasteiger partial charge in [0.05, 0.1) is 0 Å². The van der Waals surface area contributed by atoms with Gasteiger partial charge in [-0.3, -0.25) is 0 Å². The Kier molecular flexibility index (Phi) is 3.58. The monoisotopic (exact) mass is 310 g/mol. The summed E-state index contributed by atoms with van der Waals surface area (Å²) in [6.07, 6.45) is 2.39. The molecule has 108 valence electrons. The minimum Gasteiger partial charge on any atom is -0.309 e. The maximum Gasteiger partial charge on any atom is 0.244 e. The molecule has 2 aromatic rings. The maximum absolute atomic E-state index is 12.6. The number of sulfonamides is 1. The van der Waals surface area contributed by atoms with Crippen molar-refractivity contribution in [2.24, 2.45) is 0 Å². The van der Waals surface area contributed by atoms with E-state index in [0.29, 0.717) is 17.5 Å². The highest BCUT2D eigenvalue weighted by Crippen LogP contribution is 2.36. The van der Waals surface area contributed by atoms with Gasteiger partial charge < -0.3 is 5.32 Å². The molecule has 1 heterocycles. The molecular weight excluding hydrogens is 292 g/mol. The Morgan fingerprint density at radius 1 is 1.30 bits per heavy atom. The number of nitrogens with zero attached hydrogens (tertiary/aromatic N) is 1. The van der Waals surface area contributed by atoms with Gasteiger partial charge in [0.15, 0.2) is 0 Å². The van der Waals surface area contributed by atoms with Crippen molar-refractivity contribution < 1.29 is 8.42 Å². The molecule has 1 aliphatic carbocycles. The highest BCUT2D eigenvalue weighted by Gasteiger charge is 2.28.